The van der Waals surface area contributed by atoms with E-state index in [0.717, 1.165) is 22.4 Å². The molecule has 5 atom stereocenters. The van der Waals surface area contributed by atoms with E-state index in [1.54, 1.807) is 7.11 Å². The first kappa shape index (κ1) is 27.8. The summed E-state index contributed by atoms with van der Waals surface area (Å²) in [6.45, 7) is 2.02. The van der Waals surface area contributed by atoms with E-state index in [-0.39, 0.29) is 19.8 Å². The van der Waals surface area contributed by atoms with Gasteiger partial charge in [-0.2, -0.15) is 0 Å². The molecule has 4 rings (SSSR count). The number of aliphatic hydroxyl groups is 1. The number of ether oxygens (including phenoxy) is 6. The van der Waals surface area contributed by atoms with Crippen LogP contribution in [0.25, 0.3) is 0 Å². The molecule has 0 bridgehead atoms. The van der Waals surface area contributed by atoms with Crippen molar-refractivity contribution in [3.63, 3.8) is 0 Å². The van der Waals surface area contributed by atoms with Crippen LogP contribution < -0.4 is 4.74 Å². The maximum absolute atomic E-state index is 12.8. The van der Waals surface area contributed by atoms with Crippen LogP contribution in [0.4, 0.5) is 0 Å². The van der Waals surface area contributed by atoms with Crippen LogP contribution in [0.5, 0.6) is 5.75 Å². The zero-order valence-corrected chi connectivity index (χ0v) is 21.8. The second-order valence-electron chi connectivity index (χ2n) is 9.22. The number of methoxy groups -OCH3 is 2. The smallest absolute Gasteiger partial charge is 0.337 e. The molecular weight excluding hydrogens is 488 g/mol. The van der Waals surface area contributed by atoms with Gasteiger partial charge in [-0.05, 0) is 35.7 Å². The van der Waals surface area contributed by atoms with Crippen LogP contribution in [0.1, 0.15) is 23.6 Å². The minimum atomic E-state index is -1.88. The minimum Gasteiger partial charge on any atom is -0.497 e. The van der Waals surface area contributed by atoms with Gasteiger partial charge in [-0.25, -0.2) is 4.79 Å². The Kier molecular flexibility index (Phi) is 9.49. The Hall–Kier alpha value is -3.27. The second-order valence-corrected chi connectivity index (χ2v) is 9.22. The van der Waals surface area contributed by atoms with Crippen molar-refractivity contribution >= 4 is 5.97 Å². The lowest BCUT2D eigenvalue weighted by Gasteiger charge is -2.48. The van der Waals surface area contributed by atoms with Crippen molar-refractivity contribution in [3.8, 4) is 5.75 Å². The van der Waals surface area contributed by atoms with Gasteiger partial charge in [0.2, 0.25) is 0 Å². The van der Waals surface area contributed by atoms with Gasteiger partial charge >= 0.3 is 5.97 Å². The lowest BCUT2D eigenvalue weighted by Crippen LogP contribution is -2.67. The Morgan fingerprint density at radius 1 is 0.763 bits per heavy atom. The molecule has 8 nitrogen and oxygen atoms in total. The third-order valence-corrected chi connectivity index (χ3v) is 6.41. The third kappa shape index (κ3) is 6.98. The molecule has 1 fully saturated rings. The predicted octanol–water partition coefficient (Wildman–Crippen LogP) is 4.03. The molecule has 0 aliphatic carbocycles. The van der Waals surface area contributed by atoms with E-state index in [2.05, 4.69) is 0 Å². The summed E-state index contributed by atoms with van der Waals surface area (Å²) in [6.07, 6.45) is -4.02. The van der Waals surface area contributed by atoms with Crippen molar-refractivity contribution in [3.05, 3.63) is 102 Å². The van der Waals surface area contributed by atoms with Crippen LogP contribution in [0, 0.1) is 0 Å². The van der Waals surface area contributed by atoms with Gasteiger partial charge in [-0.3, -0.25) is 0 Å². The van der Waals surface area contributed by atoms with E-state index in [4.69, 9.17) is 28.4 Å². The summed E-state index contributed by atoms with van der Waals surface area (Å²) in [6, 6.07) is 26.6. The molecule has 0 aromatic heterocycles. The summed E-state index contributed by atoms with van der Waals surface area (Å²) in [7, 11) is 2.87. The molecule has 1 N–H and O–H groups in total. The number of hydrogen-bond donors (Lipinski definition) is 1. The second kappa shape index (κ2) is 13.0. The van der Waals surface area contributed by atoms with E-state index >= 15 is 0 Å². The normalized spacial score (nSPS) is 25.1. The van der Waals surface area contributed by atoms with Gasteiger partial charge < -0.3 is 33.5 Å². The highest BCUT2D eigenvalue weighted by molar-refractivity contribution is 5.75. The molecule has 8 heteroatoms. The fraction of sp³-hybridized carbons (Fsp3) is 0.367. The van der Waals surface area contributed by atoms with Crippen molar-refractivity contribution in [2.24, 2.45) is 0 Å². The van der Waals surface area contributed by atoms with Crippen molar-refractivity contribution in [1.82, 2.24) is 0 Å². The summed E-state index contributed by atoms with van der Waals surface area (Å²) in [5, 5.41) is 11.4. The Balaban J connectivity index is 1.62. The highest BCUT2D eigenvalue weighted by Crippen LogP contribution is 2.35. The van der Waals surface area contributed by atoms with Gasteiger partial charge in [0.1, 0.15) is 24.1 Å². The zero-order valence-electron chi connectivity index (χ0n) is 21.8. The molecule has 0 saturated carbocycles. The quantitative estimate of drug-likeness (QED) is 0.378. The number of esters is 1. The van der Waals surface area contributed by atoms with E-state index in [9.17, 15) is 9.90 Å². The van der Waals surface area contributed by atoms with Gasteiger partial charge in [0, 0.05) is 0 Å². The molecule has 1 aliphatic rings. The summed E-state index contributed by atoms with van der Waals surface area (Å²) < 4.78 is 34.9. The fourth-order valence-corrected chi connectivity index (χ4v) is 4.39. The molecule has 3 aromatic rings. The van der Waals surface area contributed by atoms with Crippen molar-refractivity contribution in [2.45, 2.75) is 56.9 Å². The number of rotatable bonds is 11. The summed E-state index contributed by atoms with van der Waals surface area (Å²) in [4.78, 5) is 12.8. The third-order valence-electron chi connectivity index (χ3n) is 6.41. The molecule has 1 heterocycles. The van der Waals surface area contributed by atoms with Crippen LogP contribution >= 0.6 is 0 Å². The van der Waals surface area contributed by atoms with Crippen LogP contribution in [-0.2, 0) is 48.3 Å². The topological polar surface area (TPSA) is 92.7 Å². The van der Waals surface area contributed by atoms with E-state index in [0.29, 0.717) is 0 Å². The van der Waals surface area contributed by atoms with Gasteiger partial charge in [0.25, 0.3) is 0 Å². The molecule has 1 aliphatic heterocycles. The summed E-state index contributed by atoms with van der Waals surface area (Å²) in [5.41, 5.74) is 2.69. The summed E-state index contributed by atoms with van der Waals surface area (Å²) in [5.74, 6) is -1.83. The Morgan fingerprint density at radius 2 is 1.26 bits per heavy atom. The number of carbonyl (C=O) groups excluding carboxylic acids is 1. The SMILES string of the molecule is COC(=O)[C@H]1O[C@](C)(O)[C@H](OCc2ccc(OC)cc2)[C@@H](OCc2ccccc2)[C@@H]1OCc1ccccc1. The van der Waals surface area contributed by atoms with E-state index in [1.165, 1.54) is 14.0 Å². The van der Waals surface area contributed by atoms with Gasteiger partial charge in [0.15, 0.2) is 11.9 Å². The molecule has 3 aromatic carbocycles. The predicted molar refractivity (Wildman–Crippen MR) is 139 cm³/mol. The lowest BCUT2D eigenvalue weighted by atomic mass is 9.92. The number of carbonyl (C=O) groups is 1. The summed E-state index contributed by atoms with van der Waals surface area (Å²) >= 11 is 0. The number of hydrogen-bond acceptors (Lipinski definition) is 8. The maximum Gasteiger partial charge on any atom is 0.337 e. The van der Waals surface area contributed by atoms with E-state index < -0.39 is 36.2 Å². The Morgan fingerprint density at radius 3 is 1.79 bits per heavy atom. The highest BCUT2D eigenvalue weighted by Gasteiger charge is 2.56. The molecule has 0 unspecified atom stereocenters. The fourth-order valence-electron chi connectivity index (χ4n) is 4.39. The van der Waals surface area contributed by atoms with Crippen molar-refractivity contribution in [1.29, 1.82) is 0 Å². The van der Waals surface area contributed by atoms with Crippen LogP contribution in [-0.4, -0.2) is 55.5 Å². The molecule has 0 radical (unpaired) electrons. The molecule has 1 saturated heterocycles. The lowest BCUT2D eigenvalue weighted by molar-refractivity contribution is -0.355. The molecule has 0 spiro atoms. The van der Waals surface area contributed by atoms with Gasteiger partial charge in [-0.15, -0.1) is 0 Å². The first-order valence-corrected chi connectivity index (χ1v) is 12.4. The zero-order chi connectivity index (χ0) is 27.0. The van der Waals surface area contributed by atoms with E-state index in [1.807, 2.05) is 84.9 Å². The average Bonchev–Trinajstić information content (AvgIpc) is 2.95. The minimum absolute atomic E-state index is 0.160. The molecule has 202 valence electrons. The van der Waals surface area contributed by atoms with Crippen molar-refractivity contribution in [2.75, 3.05) is 14.2 Å². The average molecular weight is 523 g/mol. The molecular formula is C30H34O8. The monoisotopic (exact) mass is 522 g/mol. The van der Waals surface area contributed by atoms with Crippen LogP contribution in [0.15, 0.2) is 84.9 Å². The Labute approximate surface area is 223 Å². The highest BCUT2D eigenvalue weighted by atomic mass is 16.7. The van der Waals surface area contributed by atoms with Gasteiger partial charge in [-0.1, -0.05) is 72.8 Å². The standard InChI is InChI=1S/C30H34O8/c1-30(32)28(37-20-23-14-16-24(33-2)17-15-23)26(36-19-22-12-8-5-9-13-22)25(27(38-30)29(31)34-3)35-18-21-10-6-4-7-11-21/h4-17,25-28,32H,18-20H2,1-3H3/t25-,26-,27-,28+,30-/m0/s1. The van der Waals surface area contributed by atoms with Crippen molar-refractivity contribution < 1.29 is 38.3 Å². The van der Waals surface area contributed by atoms with Crippen LogP contribution in [0.2, 0.25) is 0 Å². The Bertz CT molecular complexity index is 1130. The van der Waals surface area contributed by atoms with Gasteiger partial charge in [0.05, 0.1) is 34.0 Å². The first-order valence-electron chi connectivity index (χ1n) is 12.4. The molecule has 0 amide bonds. The molecule has 38 heavy (non-hydrogen) atoms. The maximum atomic E-state index is 12.8. The first-order chi connectivity index (χ1) is 18.4. The number of benzene rings is 3. The largest absolute Gasteiger partial charge is 0.497 e. The van der Waals surface area contributed by atoms with Crippen LogP contribution in [0.3, 0.4) is 0 Å².